The van der Waals surface area contributed by atoms with E-state index < -0.39 is 0 Å². The molecule has 0 aromatic heterocycles. The molecular weight excluding hydrogens is 260 g/mol. The summed E-state index contributed by atoms with van der Waals surface area (Å²) in [6.45, 7) is 8.06. The van der Waals surface area contributed by atoms with Crippen molar-refractivity contribution in [2.45, 2.75) is 27.2 Å². The summed E-state index contributed by atoms with van der Waals surface area (Å²) < 4.78 is 11.3. The molecule has 0 atom stereocenters. The predicted octanol–water partition coefficient (Wildman–Crippen LogP) is 4.71. The summed E-state index contributed by atoms with van der Waals surface area (Å²) in [5.74, 6) is 1.69. The van der Waals surface area contributed by atoms with Crippen molar-refractivity contribution in [1.29, 1.82) is 0 Å². The van der Waals surface area contributed by atoms with E-state index in [9.17, 15) is 0 Å². The fourth-order valence-electron chi connectivity index (χ4n) is 2.70. The third-order valence-electron chi connectivity index (χ3n) is 3.54. The predicted molar refractivity (Wildman–Crippen MR) is 86.0 cm³/mol. The molecule has 2 nitrogen and oxygen atoms in total. The molecule has 1 aliphatic heterocycles. The van der Waals surface area contributed by atoms with Crippen LogP contribution in [0, 0.1) is 5.41 Å². The van der Waals surface area contributed by atoms with Gasteiger partial charge in [0.25, 0.3) is 0 Å². The number of rotatable bonds is 2. The number of hydrogen-bond donors (Lipinski definition) is 0. The summed E-state index contributed by atoms with van der Waals surface area (Å²) in [7, 11) is 0. The monoisotopic (exact) mass is 282 g/mol. The van der Waals surface area contributed by atoms with Gasteiger partial charge >= 0.3 is 0 Å². The second-order valence-corrected chi connectivity index (χ2v) is 6.80. The second kappa shape index (κ2) is 5.44. The zero-order chi connectivity index (χ0) is 14.9. The van der Waals surface area contributed by atoms with Crippen LogP contribution in [-0.2, 0) is 6.42 Å². The molecular formula is C19H22O2. The molecule has 0 saturated carbocycles. The third-order valence-corrected chi connectivity index (χ3v) is 3.54. The van der Waals surface area contributed by atoms with Gasteiger partial charge in [-0.2, -0.15) is 0 Å². The Kier molecular flexibility index (Phi) is 3.62. The van der Waals surface area contributed by atoms with Crippen LogP contribution in [0.25, 0.3) is 11.1 Å². The van der Waals surface area contributed by atoms with Gasteiger partial charge in [-0.3, -0.25) is 0 Å². The number of benzene rings is 2. The fraction of sp³-hybridized carbons (Fsp3) is 0.368. The van der Waals surface area contributed by atoms with Gasteiger partial charge in [0.15, 0.2) is 11.5 Å². The second-order valence-electron chi connectivity index (χ2n) is 6.80. The van der Waals surface area contributed by atoms with Gasteiger partial charge in [0.2, 0.25) is 0 Å². The van der Waals surface area contributed by atoms with Crippen LogP contribution in [0.15, 0.2) is 42.5 Å². The van der Waals surface area contributed by atoms with Crippen molar-refractivity contribution < 1.29 is 9.47 Å². The first-order chi connectivity index (χ1) is 10.0. The van der Waals surface area contributed by atoms with E-state index in [1.807, 2.05) is 6.07 Å². The first kappa shape index (κ1) is 14.0. The third kappa shape index (κ3) is 3.38. The average molecular weight is 282 g/mol. The molecule has 2 aromatic rings. The molecule has 110 valence electrons. The lowest BCUT2D eigenvalue weighted by atomic mass is 9.87. The maximum Gasteiger partial charge on any atom is 0.161 e. The largest absolute Gasteiger partial charge is 0.486 e. The Morgan fingerprint density at radius 2 is 1.57 bits per heavy atom. The molecule has 2 heteroatoms. The highest BCUT2D eigenvalue weighted by atomic mass is 16.6. The molecule has 0 N–H and O–H groups in total. The zero-order valence-corrected chi connectivity index (χ0v) is 13.0. The van der Waals surface area contributed by atoms with Crippen LogP contribution in [0.1, 0.15) is 26.3 Å². The number of hydrogen-bond acceptors (Lipinski definition) is 2. The van der Waals surface area contributed by atoms with E-state index in [1.165, 1.54) is 16.7 Å². The summed E-state index contributed by atoms with van der Waals surface area (Å²) in [4.78, 5) is 0. The van der Waals surface area contributed by atoms with Crippen molar-refractivity contribution in [3.63, 3.8) is 0 Å². The molecule has 21 heavy (non-hydrogen) atoms. The molecule has 0 unspecified atom stereocenters. The highest BCUT2D eigenvalue weighted by molar-refractivity contribution is 5.68. The molecule has 1 heterocycles. The van der Waals surface area contributed by atoms with Crippen LogP contribution in [0.4, 0.5) is 0 Å². The molecule has 0 aliphatic carbocycles. The minimum atomic E-state index is 0.297. The quantitative estimate of drug-likeness (QED) is 0.794. The molecule has 3 rings (SSSR count). The van der Waals surface area contributed by atoms with Gasteiger partial charge in [0.05, 0.1) is 0 Å². The van der Waals surface area contributed by atoms with Crippen molar-refractivity contribution in [2.75, 3.05) is 13.2 Å². The first-order valence-electron chi connectivity index (χ1n) is 7.50. The summed E-state index contributed by atoms with van der Waals surface area (Å²) in [6.07, 6.45) is 1.07. The first-order valence-corrected chi connectivity index (χ1v) is 7.50. The van der Waals surface area contributed by atoms with E-state index >= 15 is 0 Å². The summed E-state index contributed by atoms with van der Waals surface area (Å²) in [5, 5.41) is 0. The summed E-state index contributed by atoms with van der Waals surface area (Å²) in [6, 6.07) is 14.9. The highest BCUT2D eigenvalue weighted by Gasteiger charge is 2.14. The van der Waals surface area contributed by atoms with Crippen molar-refractivity contribution in [1.82, 2.24) is 0 Å². The maximum atomic E-state index is 5.67. The molecule has 1 aliphatic rings. The fourth-order valence-corrected chi connectivity index (χ4v) is 2.70. The van der Waals surface area contributed by atoms with Gasteiger partial charge in [-0.05, 0) is 40.7 Å². The van der Waals surface area contributed by atoms with Crippen molar-refractivity contribution >= 4 is 0 Å². The van der Waals surface area contributed by atoms with Crippen molar-refractivity contribution in [3.05, 3.63) is 48.0 Å². The number of fused-ring (bicyclic) bond motifs is 1. The van der Waals surface area contributed by atoms with E-state index in [0.717, 1.165) is 17.9 Å². The lowest BCUT2D eigenvalue weighted by Crippen LogP contribution is -2.15. The Bertz CT molecular complexity index is 638. The Labute approximate surface area is 126 Å². The summed E-state index contributed by atoms with van der Waals surface area (Å²) in [5.41, 5.74) is 4.07. The Morgan fingerprint density at radius 1 is 0.857 bits per heavy atom. The van der Waals surface area contributed by atoms with Gasteiger partial charge in [-0.1, -0.05) is 51.1 Å². The van der Waals surface area contributed by atoms with Gasteiger partial charge < -0.3 is 9.47 Å². The van der Waals surface area contributed by atoms with Gasteiger partial charge in [0.1, 0.15) is 13.2 Å². The van der Waals surface area contributed by atoms with Crippen LogP contribution in [0.2, 0.25) is 0 Å². The zero-order valence-electron chi connectivity index (χ0n) is 13.0. The van der Waals surface area contributed by atoms with Crippen LogP contribution < -0.4 is 9.47 Å². The minimum absolute atomic E-state index is 0.297. The molecule has 2 aromatic carbocycles. The maximum absolute atomic E-state index is 5.67. The molecule has 0 amide bonds. The minimum Gasteiger partial charge on any atom is -0.486 e. The van der Waals surface area contributed by atoms with Gasteiger partial charge in [0, 0.05) is 0 Å². The van der Waals surface area contributed by atoms with E-state index in [2.05, 4.69) is 57.2 Å². The smallest absolute Gasteiger partial charge is 0.161 e. The summed E-state index contributed by atoms with van der Waals surface area (Å²) >= 11 is 0. The van der Waals surface area contributed by atoms with E-state index in [-0.39, 0.29) is 0 Å². The Balaban J connectivity index is 1.91. The standard InChI is InChI=1S/C19H22O2/c1-19(2,3)13-14-5-4-6-15(11-14)16-7-8-17-18(12-16)21-10-9-20-17/h4-8,11-12H,9-10,13H2,1-3H3. The van der Waals surface area contributed by atoms with Gasteiger partial charge in [-0.25, -0.2) is 0 Å². The molecule has 0 spiro atoms. The molecule has 0 bridgehead atoms. The lowest BCUT2D eigenvalue weighted by Gasteiger charge is -2.20. The normalized spacial score (nSPS) is 14.0. The molecule has 0 saturated heterocycles. The topological polar surface area (TPSA) is 18.5 Å². The van der Waals surface area contributed by atoms with E-state index in [0.29, 0.717) is 18.6 Å². The van der Waals surface area contributed by atoms with Gasteiger partial charge in [-0.15, -0.1) is 0 Å². The number of ether oxygens (including phenoxy) is 2. The molecule has 0 fully saturated rings. The highest BCUT2D eigenvalue weighted by Crippen LogP contribution is 2.35. The van der Waals surface area contributed by atoms with Crippen LogP contribution in [0.5, 0.6) is 11.5 Å². The Morgan fingerprint density at radius 3 is 2.33 bits per heavy atom. The molecule has 0 radical (unpaired) electrons. The average Bonchev–Trinajstić information content (AvgIpc) is 2.45. The van der Waals surface area contributed by atoms with Crippen LogP contribution >= 0.6 is 0 Å². The lowest BCUT2D eigenvalue weighted by molar-refractivity contribution is 0.171. The van der Waals surface area contributed by atoms with Crippen LogP contribution in [0.3, 0.4) is 0 Å². The van der Waals surface area contributed by atoms with E-state index in [1.54, 1.807) is 0 Å². The van der Waals surface area contributed by atoms with Crippen LogP contribution in [-0.4, -0.2) is 13.2 Å². The van der Waals surface area contributed by atoms with E-state index in [4.69, 9.17) is 9.47 Å². The van der Waals surface area contributed by atoms with Crippen molar-refractivity contribution in [3.8, 4) is 22.6 Å². The van der Waals surface area contributed by atoms with Crippen molar-refractivity contribution in [2.24, 2.45) is 5.41 Å². The SMILES string of the molecule is CC(C)(C)Cc1cccc(-c2ccc3c(c2)OCCO3)c1. The Hall–Kier alpha value is -1.96.